The van der Waals surface area contributed by atoms with E-state index < -0.39 is 5.91 Å². The maximum Gasteiger partial charge on any atom is 0.271 e. The number of benzene rings is 1. The summed E-state index contributed by atoms with van der Waals surface area (Å²) in [7, 11) is 0. The molecule has 0 spiro atoms. The van der Waals surface area contributed by atoms with Gasteiger partial charge in [-0.1, -0.05) is 44.0 Å². The zero-order valence-corrected chi connectivity index (χ0v) is 11.3. The summed E-state index contributed by atoms with van der Waals surface area (Å²) in [6, 6.07) is 6.67. The van der Waals surface area contributed by atoms with Crippen LogP contribution in [0.4, 0.5) is 0 Å². The molecule has 0 aliphatic heterocycles. The van der Waals surface area contributed by atoms with Crippen LogP contribution in [-0.4, -0.2) is 11.8 Å². The number of carbonyl (C=O) groups excluding carboxylic acids is 2. The lowest BCUT2D eigenvalue weighted by Gasteiger charge is -2.12. The van der Waals surface area contributed by atoms with Crippen molar-refractivity contribution in [1.82, 2.24) is 10.9 Å². The number of hydrogen-bond donors (Lipinski definition) is 2. The molecule has 0 aromatic heterocycles. The van der Waals surface area contributed by atoms with Crippen LogP contribution in [0, 0.1) is 5.92 Å². The molecule has 0 aliphatic carbocycles. The van der Waals surface area contributed by atoms with Gasteiger partial charge in [0.2, 0.25) is 5.91 Å². The minimum atomic E-state index is -0.419. The normalized spacial score (nSPS) is 11.7. The Morgan fingerprint density at radius 2 is 1.94 bits per heavy atom. The average molecular weight is 269 g/mol. The molecule has 2 N–H and O–H groups in total. The maximum absolute atomic E-state index is 11.7. The van der Waals surface area contributed by atoms with Crippen LogP contribution < -0.4 is 10.9 Å². The molecule has 4 nitrogen and oxygen atoms in total. The summed E-state index contributed by atoms with van der Waals surface area (Å²) >= 11 is 5.87. The second-order valence-electron chi connectivity index (χ2n) is 4.11. The first-order valence-corrected chi connectivity index (χ1v) is 6.28. The Kier molecular flexibility index (Phi) is 5.65. The summed E-state index contributed by atoms with van der Waals surface area (Å²) in [6.45, 7) is 3.83. The van der Waals surface area contributed by atoms with Gasteiger partial charge in [0.15, 0.2) is 0 Å². The zero-order chi connectivity index (χ0) is 13.5. The van der Waals surface area contributed by atoms with Crippen molar-refractivity contribution >= 4 is 23.4 Å². The minimum Gasteiger partial charge on any atom is -0.273 e. The van der Waals surface area contributed by atoms with E-state index in [1.54, 1.807) is 24.3 Å². The molecule has 0 saturated heterocycles. The van der Waals surface area contributed by atoms with Gasteiger partial charge in [-0.2, -0.15) is 0 Å². The van der Waals surface area contributed by atoms with Crippen LogP contribution in [0.25, 0.3) is 0 Å². The number of carbonyl (C=O) groups is 2. The number of hydrazine groups is 1. The highest BCUT2D eigenvalue weighted by Gasteiger charge is 2.14. The summed E-state index contributed by atoms with van der Waals surface area (Å²) in [5.41, 5.74) is 5.09. The smallest absolute Gasteiger partial charge is 0.271 e. The molecule has 1 atom stereocenters. The number of halogens is 1. The largest absolute Gasteiger partial charge is 0.273 e. The molecule has 0 heterocycles. The van der Waals surface area contributed by atoms with Crippen LogP contribution in [0.2, 0.25) is 5.02 Å². The van der Waals surface area contributed by atoms with Crippen molar-refractivity contribution < 1.29 is 9.59 Å². The average Bonchev–Trinajstić information content (AvgIpc) is 2.36. The third-order valence-corrected chi connectivity index (χ3v) is 2.92. The summed E-state index contributed by atoms with van der Waals surface area (Å²) in [5.74, 6) is -0.739. The van der Waals surface area contributed by atoms with Crippen molar-refractivity contribution in [3.63, 3.8) is 0 Å². The third kappa shape index (κ3) is 4.04. The lowest BCUT2D eigenvalue weighted by atomic mass is 10.1. The molecule has 0 saturated carbocycles. The molecular formula is C13H17ClN2O2. The highest BCUT2D eigenvalue weighted by molar-refractivity contribution is 6.33. The van der Waals surface area contributed by atoms with Crippen molar-refractivity contribution in [1.29, 1.82) is 0 Å². The first-order valence-electron chi connectivity index (χ1n) is 5.91. The lowest BCUT2D eigenvalue weighted by molar-refractivity contribution is -0.125. The number of rotatable bonds is 4. The van der Waals surface area contributed by atoms with Crippen molar-refractivity contribution in [2.75, 3.05) is 0 Å². The molecule has 2 amide bonds. The van der Waals surface area contributed by atoms with Gasteiger partial charge in [0.05, 0.1) is 10.6 Å². The van der Waals surface area contributed by atoms with Crippen molar-refractivity contribution in [2.24, 2.45) is 5.92 Å². The van der Waals surface area contributed by atoms with E-state index in [1.807, 2.05) is 13.8 Å². The quantitative estimate of drug-likeness (QED) is 0.825. The highest BCUT2D eigenvalue weighted by Crippen LogP contribution is 2.14. The second kappa shape index (κ2) is 7.01. The molecule has 98 valence electrons. The number of amides is 2. The maximum atomic E-state index is 11.7. The fraction of sp³-hybridized carbons (Fsp3) is 0.385. The van der Waals surface area contributed by atoms with Crippen molar-refractivity contribution in [3.05, 3.63) is 34.9 Å². The third-order valence-electron chi connectivity index (χ3n) is 2.59. The molecule has 0 fully saturated rings. The summed E-state index contributed by atoms with van der Waals surface area (Å²) in [5, 5.41) is 0.353. The van der Waals surface area contributed by atoms with E-state index in [9.17, 15) is 9.59 Å². The van der Waals surface area contributed by atoms with Crippen LogP contribution >= 0.6 is 11.6 Å². The van der Waals surface area contributed by atoms with Gasteiger partial charge in [-0.3, -0.25) is 20.4 Å². The molecule has 1 rings (SSSR count). The van der Waals surface area contributed by atoms with Crippen LogP contribution in [0.1, 0.15) is 37.0 Å². The molecule has 18 heavy (non-hydrogen) atoms. The molecule has 1 aromatic carbocycles. The van der Waals surface area contributed by atoms with Gasteiger partial charge in [0, 0.05) is 5.92 Å². The monoisotopic (exact) mass is 268 g/mol. The topological polar surface area (TPSA) is 58.2 Å². The SMILES string of the molecule is CCCC(C)C(=O)NNC(=O)c1ccccc1Cl. The summed E-state index contributed by atoms with van der Waals surface area (Å²) in [6.07, 6.45) is 1.71. The molecule has 1 unspecified atom stereocenters. The predicted molar refractivity (Wildman–Crippen MR) is 71.1 cm³/mol. The highest BCUT2D eigenvalue weighted by atomic mass is 35.5. The Morgan fingerprint density at radius 3 is 2.56 bits per heavy atom. The number of nitrogens with one attached hydrogen (secondary N) is 2. The van der Waals surface area contributed by atoms with Crippen LogP contribution in [0.5, 0.6) is 0 Å². The fourth-order valence-electron chi connectivity index (χ4n) is 1.52. The molecular weight excluding hydrogens is 252 g/mol. The molecule has 0 bridgehead atoms. The van der Waals surface area contributed by atoms with Crippen LogP contribution in [0.3, 0.4) is 0 Å². The van der Waals surface area contributed by atoms with Crippen molar-refractivity contribution in [3.8, 4) is 0 Å². The van der Waals surface area contributed by atoms with E-state index in [1.165, 1.54) is 0 Å². The van der Waals surface area contributed by atoms with Gasteiger partial charge in [-0.25, -0.2) is 0 Å². The van der Waals surface area contributed by atoms with E-state index in [-0.39, 0.29) is 11.8 Å². The molecule has 1 aromatic rings. The lowest BCUT2D eigenvalue weighted by Crippen LogP contribution is -2.44. The molecule has 0 aliphatic rings. The Hall–Kier alpha value is -1.55. The first-order chi connectivity index (χ1) is 8.56. The van der Waals surface area contributed by atoms with Crippen LogP contribution in [0.15, 0.2) is 24.3 Å². The summed E-state index contributed by atoms with van der Waals surface area (Å²) < 4.78 is 0. The molecule has 0 radical (unpaired) electrons. The van der Waals surface area contributed by atoms with Gasteiger partial charge in [0.1, 0.15) is 0 Å². The van der Waals surface area contributed by atoms with E-state index in [0.29, 0.717) is 10.6 Å². The fourth-order valence-corrected chi connectivity index (χ4v) is 1.74. The Morgan fingerprint density at radius 1 is 1.28 bits per heavy atom. The molecule has 5 heteroatoms. The number of hydrogen-bond acceptors (Lipinski definition) is 2. The van der Waals surface area contributed by atoms with Crippen LogP contribution in [-0.2, 0) is 4.79 Å². The van der Waals surface area contributed by atoms with Crippen molar-refractivity contribution in [2.45, 2.75) is 26.7 Å². The Bertz CT molecular complexity index is 435. The van der Waals surface area contributed by atoms with Gasteiger partial charge < -0.3 is 0 Å². The van der Waals surface area contributed by atoms with E-state index in [2.05, 4.69) is 10.9 Å². The first kappa shape index (κ1) is 14.5. The zero-order valence-electron chi connectivity index (χ0n) is 10.5. The Balaban J connectivity index is 2.52. The van der Waals surface area contributed by atoms with E-state index in [0.717, 1.165) is 12.8 Å². The van der Waals surface area contributed by atoms with Gasteiger partial charge >= 0.3 is 0 Å². The second-order valence-corrected chi connectivity index (χ2v) is 4.52. The standard InChI is InChI=1S/C13H17ClN2O2/c1-3-6-9(2)12(17)15-16-13(18)10-7-4-5-8-11(10)14/h4-5,7-9H,3,6H2,1-2H3,(H,15,17)(H,16,18). The van der Waals surface area contributed by atoms with Gasteiger partial charge in [-0.15, -0.1) is 0 Å². The summed E-state index contributed by atoms with van der Waals surface area (Å²) in [4.78, 5) is 23.3. The minimum absolute atomic E-state index is 0.124. The van der Waals surface area contributed by atoms with Gasteiger partial charge in [-0.05, 0) is 18.6 Å². The van der Waals surface area contributed by atoms with E-state index in [4.69, 9.17) is 11.6 Å². The Labute approximate surface area is 112 Å². The predicted octanol–water partition coefficient (Wildman–Crippen LogP) is 2.54. The van der Waals surface area contributed by atoms with Gasteiger partial charge in [0.25, 0.3) is 5.91 Å². The van der Waals surface area contributed by atoms with E-state index >= 15 is 0 Å².